The lowest BCUT2D eigenvalue weighted by atomic mass is 10.1. The van der Waals surface area contributed by atoms with Crippen LogP contribution in [0.3, 0.4) is 0 Å². The van der Waals surface area contributed by atoms with E-state index < -0.39 is 0 Å². The molecule has 18 heavy (non-hydrogen) atoms. The van der Waals surface area contributed by atoms with Gasteiger partial charge in [-0.25, -0.2) is 0 Å². The van der Waals surface area contributed by atoms with E-state index in [4.69, 9.17) is 4.74 Å². The molecule has 0 radical (unpaired) electrons. The fourth-order valence-electron chi connectivity index (χ4n) is 2.42. The monoisotopic (exact) mass is 312 g/mol. The molecule has 1 aromatic rings. The Morgan fingerprint density at radius 2 is 2.39 bits per heavy atom. The Morgan fingerprint density at radius 3 is 3.11 bits per heavy atom. The van der Waals surface area contributed by atoms with E-state index in [9.17, 15) is 0 Å². The van der Waals surface area contributed by atoms with Crippen molar-refractivity contribution in [1.82, 2.24) is 10.2 Å². The van der Waals surface area contributed by atoms with Gasteiger partial charge in [-0.15, -0.1) is 0 Å². The summed E-state index contributed by atoms with van der Waals surface area (Å²) in [5, 5.41) is 3.19. The molecule has 0 spiro atoms. The van der Waals surface area contributed by atoms with Gasteiger partial charge in [0.05, 0.1) is 12.7 Å². The van der Waals surface area contributed by atoms with Gasteiger partial charge in [0.15, 0.2) is 0 Å². The Hall–Kier alpha value is -0.420. The summed E-state index contributed by atoms with van der Waals surface area (Å²) in [5.74, 6) is 0. The molecule has 2 atom stereocenters. The number of hydrogen-bond acceptors (Lipinski definition) is 3. The van der Waals surface area contributed by atoms with Crippen molar-refractivity contribution in [3.8, 4) is 0 Å². The summed E-state index contributed by atoms with van der Waals surface area (Å²) in [6.07, 6.45) is 0.304. The minimum absolute atomic E-state index is 0.304. The minimum atomic E-state index is 0.304. The van der Waals surface area contributed by atoms with Crippen molar-refractivity contribution in [2.45, 2.75) is 19.1 Å². The Balaban J connectivity index is 2.02. The number of ether oxygens (including phenoxy) is 1. The van der Waals surface area contributed by atoms with Crippen LogP contribution in [0.2, 0.25) is 0 Å². The number of morpholine rings is 1. The number of likely N-dealkylation sites (N-methyl/N-ethyl adjacent to an activating group) is 1. The zero-order valence-electron chi connectivity index (χ0n) is 11.0. The lowest BCUT2D eigenvalue weighted by molar-refractivity contribution is -0.0393. The quantitative estimate of drug-likeness (QED) is 0.924. The van der Waals surface area contributed by atoms with Gasteiger partial charge < -0.3 is 10.1 Å². The van der Waals surface area contributed by atoms with Gasteiger partial charge in [0.2, 0.25) is 0 Å². The van der Waals surface area contributed by atoms with Crippen LogP contribution >= 0.6 is 15.9 Å². The lowest BCUT2D eigenvalue weighted by Crippen LogP contribution is -2.46. The lowest BCUT2D eigenvalue weighted by Gasteiger charge is -2.37. The third-order valence-corrected chi connectivity index (χ3v) is 3.97. The van der Waals surface area contributed by atoms with Crippen LogP contribution in [0.5, 0.6) is 0 Å². The van der Waals surface area contributed by atoms with Gasteiger partial charge in [-0.2, -0.15) is 0 Å². The zero-order chi connectivity index (χ0) is 13.0. The minimum Gasteiger partial charge on any atom is -0.374 e. The molecular formula is C14H21BrN2O. The van der Waals surface area contributed by atoms with Gasteiger partial charge >= 0.3 is 0 Å². The second-order valence-corrected chi connectivity index (χ2v) is 5.69. The molecule has 1 N–H and O–H groups in total. The van der Waals surface area contributed by atoms with Crippen LogP contribution in [-0.2, 0) is 4.74 Å². The summed E-state index contributed by atoms with van der Waals surface area (Å²) in [6, 6.07) is 9.00. The standard InChI is InChI=1S/C14H21BrN2O/c1-11(12-4-3-5-13(15)8-12)17-6-7-18-14(10-17)9-16-2/h3-5,8,11,14,16H,6-7,9-10H2,1-2H3. The van der Waals surface area contributed by atoms with Crippen LogP contribution in [0.25, 0.3) is 0 Å². The van der Waals surface area contributed by atoms with E-state index in [0.29, 0.717) is 12.1 Å². The number of benzene rings is 1. The van der Waals surface area contributed by atoms with Crippen molar-refractivity contribution in [2.24, 2.45) is 0 Å². The SMILES string of the molecule is CNCC1CN(C(C)c2cccc(Br)c2)CCO1. The first-order valence-corrected chi connectivity index (χ1v) is 7.25. The molecule has 1 aliphatic rings. The highest BCUT2D eigenvalue weighted by Crippen LogP contribution is 2.24. The van der Waals surface area contributed by atoms with Crippen molar-refractivity contribution in [2.75, 3.05) is 33.3 Å². The Bertz CT molecular complexity index is 384. The molecule has 0 saturated carbocycles. The molecule has 2 unspecified atom stereocenters. The third-order valence-electron chi connectivity index (χ3n) is 3.48. The topological polar surface area (TPSA) is 24.5 Å². The van der Waals surface area contributed by atoms with Crippen molar-refractivity contribution in [3.05, 3.63) is 34.3 Å². The van der Waals surface area contributed by atoms with E-state index in [1.807, 2.05) is 7.05 Å². The van der Waals surface area contributed by atoms with Crippen LogP contribution < -0.4 is 5.32 Å². The van der Waals surface area contributed by atoms with Crippen LogP contribution in [0.4, 0.5) is 0 Å². The first kappa shape index (κ1) is 14.0. The summed E-state index contributed by atoms with van der Waals surface area (Å²) in [7, 11) is 1.97. The molecule has 4 heteroatoms. The van der Waals surface area contributed by atoms with E-state index in [1.165, 1.54) is 5.56 Å². The average Bonchev–Trinajstić information content (AvgIpc) is 2.39. The predicted molar refractivity (Wildman–Crippen MR) is 77.8 cm³/mol. The highest BCUT2D eigenvalue weighted by Gasteiger charge is 2.24. The fraction of sp³-hybridized carbons (Fsp3) is 0.571. The molecule has 1 saturated heterocycles. The van der Waals surface area contributed by atoms with Gasteiger partial charge in [0.1, 0.15) is 0 Å². The first-order chi connectivity index (χ1) is 8.70. The number of nitrogens with zero attached hydrogens (tertiary/aromatic N) is 1. The van der Waals surface area contributed by atoms with Crippen LogP contribution in [0.15, 0.2) is 28.7 Å². The summed E-state index contributed by atoms with van der Waals surface area (Å²) in [4.78, 5) is 2.49. The first-order valence-electron chi connectivity index (χ1n) is 6.46. The fourth-order valence-corrected chi connectivity index (χ4v) is 2.84. The van der Waals surface area contributed by atoms with Gasteiger partial charge in [-0.3, -0.25) is 4.90 Å². The normalized spacial score (nSPS) is 22.9. The summed E-state index contributed by atoms with van der Waals surface area (Å²) < 4.78 is 6.89. The van der Waals surface area contributed by atoms with Crippen molar-refractivity contribution >= 4 is 15.9 Å². The maximum atomic E-state index is 5.74. The number of nitrogens with one attached hydrogen (secondary N) is 1. The van der Waals surface area contributed by atoms with Gasteiger partial charge in [0, 0.05) is 30.1 Å². The second kappa shape index (κ2) is 6.66. The summed E-state index contributed by atoms with van der Waals surface area (Å²) >= 11 is 3.54. The average molecular weight is 313 g/mol. The van der Waals surface area contributed by atoms with E-state index in [0.717, 1.165) is 30.7 Å². The molecule has 1 aliphatic heterocycles. The van der Waals surface area contributed by atoms with E-state index in [2.05, 4.69) is 57.3 Å². The molecule has 0 aliphatic carbocycles. The van der Waals surface area contributed by atoms with Gasteiger partial charge in [0.25, 0.3) is 0 Å². The molecule has 100 valence electrons. The number of hydrogen-bond donors (Lipinski definition) is 1. The largest absolute Gasteiger partial charge is 0.374 e. The third kappa shape index (κ3) is 3.54. The molecule has 0 amide bonds. The van der Waals surface area contributed by atoms with Crippen molar-refractivity contribution in [3.63, 3.8) is 0 Å². The number of halogens is 1. The van der Waals surface area contributed by atoms with Gasteiger partial charge in [-0.05, 0) is 31.7 Å². The molecule has 2 rings (SSSR count). The molecular weight excluding hydrogens is 292 g/mol. The Labute approximate surface area is 118 Å². The van der Waals surface area contributed by atoms with Gasteiger partial charge in [-0.1, -0.05) is 28.1 Å². The molecule has 1 aromatic carbocycles. The smallest absolute Gasteiger partial charge is 0.0826 e. The van der Waals surface area contributed by atoms with E-state index >= 15 is 0 Å². The highest BCUT2D eigenvalue weighted by atomic mass is 79.9. The predicted octanol–water partition coefficient (Wildman–Crippen LogP) is 2.43. The Kier molecular flexibility index (Phi) is 5.18. The summed E-state index contributed by atoms with van der Waals surface area (Å²) in [6.45, 7) is 6.01. The molecule has 0 bridgehead atoms. The maximum absolute atomic E-state index is 5.74. The van der Waals surface area contributed by atoms with Crippen LogP contribution in [-0.4, -0.2) is 44.3 Å². The number of rotatable bonds is 4. The summed E-state index contributed by atoms with van der Waals surface area (Å²) in [5.41, 5.74) is 1.36. The second-order valence-electron chi connectivity index (χ2n) is 4.78. The maximum Gasteiger partial charge on any atom is 0.0826 e. The van der Waals surface area contributed by atoms with Crippen molar-refractivity contribution < 1.29 is 4.74 Å². The van der Waals surface area contributed by atoms with Crippen molar-refractivity contribution in [1.29, 1.82) is 0 Å². The van der Waals surface area contributed by atoms with E-state index in [1.54, 1.807) is 0 Å². The molecule has 3 nitrogen and oxygen atoms in total. The van der Waals surface area contributed by atoms with Crippen LogP contribution in [0.1, 0.15) is 18.5 Å². The zero-order valence-corrected chi connectivity index (χ0v) is 12.6. The molecule has 1 heterocycles. The van der Waals surface area contributed by atoms with E-state index in [-0.39, 0.29) is 0 Å². The highest BCUT2D eigenvalue weighted by molar-refractivity contribution is 9.10. The molecule has 0 aromatic heterocycles. The Morgan fingerprint density at radius 1 is 1.56 bits per heavy atom. The van der Waals surface area contributed by atoms with Crippen LogP contribution in [0, 0.1) is 0 Å². The molecule has 1 fully saturated rings.